The minimum atomic E-state index is -0.674. The van der Waals surface area contributed by atoms with Crippen LogP contribution in [0.1, 0.15) is 5.56 Å². The second kappa shape index (κ2) is 8.88. The van der Waals surface area contributed by atoms with Gasteiger partial charge in [0.2, 0.25) is 0 Å². The second-order valence-electron chi connectivity index (χ2n) is 4.74. The van der Waals surface area contributed by atoms with Crippen LogP contribution in [0.5, 0.6) is 0 Å². The van der Waals surface area contributed by atoms with Gasteiger partial charge in [-0.25, -0.2) is 9.18 Å². The molecule has 2 aromatic carbocycles. The zero-order chi connectivity index (χ0) is 17.4. The monoisotopic (exact) mass is 345 g/mol. The van der Waals surface area contributed by atoms with E-state index in [0.717, 1.165) is 11.0 Å². The lowest BCUT2D eigenvalue weighted by Gasteiger charge is -2.08. The fourth-order valence-electron chi connectivity index (χ4n) is 1.89. The van der Waals surface area contributed by atoms with E-state index in [0.29, 0.717) is 11.3 Å². The number of para-hydroxylation sites is 1. The lowest BCUT2D eigenvalue weighted by Crippen LogP contribution is -2.20. The van der Waals surface area contributed by atoms with E-state index >= 15 is 0 Å². The third-order valence-corrected chi connectivity index (χ3v) is 3.78. The van der Waals surface area contributed by atoms with Crippen molar-refractivity contribution in [3.63, 3.8) is 0 Å². The van der Waals surface area contributed by atoms with E-state index in [-0.39, 0.29) is 0 Å². The predicted octanol–water partition coefficient (Wildman–Crippen LogP) is 3.74. The summed E-state index contributed by atoms with van der Waals surface area (Å²) in [5.41, 5.74) is 1.20. The third kappa shape index (κ3) is 5.55. The van der Waals surface area contributed by atoms with Crippen molar-refractivity contribution in [3.8, 4) is 0 Å². The van der Waals surface area contributed by atoms with Crippen LogP contribution in [0, 0.1) is 5.82 Å². The van der Waals surface area contributed by atoms with Crippen LogP contribution in [0.2, 0.25) is 0 Å². The van der Waals surface area contributed by atoms with Crippen molar-refractivity contribution in [1.82, 2.24) is 0 Å². The number of thioether (sulfide) groups is 1. The molecule has 0 aliphatic heterocycles. The van der Waals surface area contributed by atoms with E-state index in [1.807, 2.05) is 24.5 Å². The molecule has 0 saturated carbocycles. The van der Waals surface area contributed by atoms with Crippen LogP contribution in [0.3, 0.4) is 0 Å². The summed E-state index contributed by atoms with van der Waals surface area (Å²) in [5, 5.41) is 2.69. The fourth-order valence-corrected chi connectivity index (χ4v) is 2.45. The van der Waals surface area contributed by atoms with Gasteiger partial charge in [0.15, 0.2) is 6.61 Å². The molecule has 0 bridgehead atoms. The highest BCUT2D eigenvalue weighted by Crippen LogP contribution is 2.24. The Labute approximate surface area is 143 Å². The molecule has 1 N–H and O–H groups in total. The Morgan fingerprint density at radius 1 is 1.21 bits per heavy atom. The Kier molecular flexibility index (Phi) is 6.57. The first-order valence-corrected chi connectivity index (χ1v) is 8.34. The summed E-state index contributed by atoms with van der Waals surface area (Å²) < 4.78 is 17.9. The number of rotatable bonds is 6. The van der Waals surface area contributed by atoms with Gasteiger partial charge in [-0.05, 0) is 42.2 Å². The smallest absolute Gasteiger partial charge is 0.331 e. The molecule has 0 unspecified atom stereocenters. The van der Waals surface area contributed by atoms with E-state index in [2.05, 4.69) is 5.32 Å². The number of hydrogen-bond donors (Lipinski definition) is 1. The summed E-state index contributed by atoms with van der Waals surface area (Å²) in [4.78, 5) is 24.3. The summed E-state index contributed by atoms with van der Waals surface area (Å²) in [6.45, 7) is -0.394. The molecule has 6 heteroatoms. The molecule has 2 rings (SSSR count). The van der Waals surface area contributed by atoms with Crippen LogP contribution in [-0.2, 0) is 14.3 Å². The molecular formula is C18H16FNO3S. The Hall–Kier alpha value is -2.60. The number of nitrogens with one attached hydrogen (secondary N) is 1. The van der Waals surface area contributed by atoms with Gasteiger partial charge < -0.3 is 10.1 Å². The van der Waals surface area contributed by atoms with E-state index in [9.17, 15) is 14.0 Å². The maximum Gasteiger partial charge on any atom is 0.331 e. The van der Waals surface area contributed by atoms with E-state index < -0.39 is 24.3 Å². The largest absolute Gasteiger partial charge is 0.452 e. The first-order valence-electron chi connectivity index (χ1n) is 7.12. The number of anilines is 1. The Balaban J connectivity index is 1.84. The molecule has 2 aromatic rings. The first kappa shape index (κ1) is 17.7. The van der Waals surface area contributed by atoms with Crippen LogP contribution >= 0.6 is 11.8 Å². The molecule has 0 spiro atoms. The number of halogens is 1. The normalized spacial score (nSPS) is 10.6. The van der Waals surface area contributed by atoms with Crippen molar-refractivity contribution in [2.24, 2.45) is 0 Å². The SMILES string of the molecule is CSc1ccccc1NC(=O)COC(=O)/C=C/c1cccc(F)c1. The van der Waals surface area contributed by atoms with Gasteiger partial charge in [-0.3, -0.25) is 4.79 Å². The van der Waals surface area contributed by atoms with Crippen LogP contribution in [-0.4, -0.2) is 24.7 Å². The van der Waals surface area contributed by atoms with Crippen molar-refractivity contribution < 1.29 is 18.7 Å². The molecule has 0 radical (unpaired) electrons. The number of carbonyl (C=O) groups excluding carboxylic acids is 2. The number of ether oxygens (including phenoxy) is 1. The van der Waals surface area contributed by atoms with Crippen LogP contribution < -0.4 is 5.32 Å². The molecule has 0 aliphatic rings. The molecule has 124 valence electrons. The highest BCUT2D eigenvalue weighted by molar-refractivity contribution is 7.98. The lowest BCUT2D eigenvalue weighted by atomic mass is 10.2. The van der Waals surface area contributed by atoms with Gasteiger partial charge >= 0.3 is 5.97 Å². The summed E-state index contributed by atoms with van der Waals surface area (Å²) in [7, 11) is 0. The van der Waals surface area contributed by atoms with Gasteiger partial charge in [0.05, 0.1) is 5.69 Å². The van der Waals surface area contributed by atoms with Gasteiger partial charge in [-0.15, -0.1) is 11.8 Å². The van der Waals surface area contributed by atoms with Gasteiger partial charge in [-0.2, -0.15) is 0 Å². The summed E-state index contributed by atoms with van der Waals surface area (Å²) in [6.07, 6.45) is 4.48. The molecule has 0 heterocycles. The molecule has 24 heavy (non-hydrogen) atoms. The first-order chi connectivity index (χ1) is 11.6. The number of hydrogen-bond acceptors (Lipinski definition) is 4. The molecule has 0 aliphatic carbocycles. The van der Waals surface area contributed by atoms with Crippen molar-refractivity contribution in [2.45, 2.75) is 4.90 Å². The minimum absolute atomic E-state index is 0.391. The average molecular weight is 345 g/mol. The van der Waals surface area contributed by atoms with Crippen molar-refractivity contribution in [3.05, 3.63) is 66.0 Å². The predicted molar refractivity (Wildman–Crippen MR) is 93.2 cm³/mol. The highest BCUT2D eigenvalue weighted by atomic mass is 32.2. The summed E-state index contributed by atoms with van der Waals surface area (Å²) >= 11 is 1.50. The molecule has 4 nitrogen and oxygen atoms in total. The van der Waals surface area contributed by atoms with Crippen molar-refractivity contribution in [2.75, 3.05) is 18.2 Å². The fraction of sp³-hybridized carbons (Fsp3) is 0.111. The van der Waals surface area contributed by atoms with Gasteiger partial charge in [0, 0.05) is 11.0 Å². The second-order valence-corrected chi connectivity index (χ2v) is 5.59. The topological polar surface area (TPSA) is 55.4 Å². The van der Waals surface area contributed by atoms with Crippen LogP contribution in [0.25, 0.3) is 6.08 Å². The number of esters is 1. The minimum Gasteiger partial charge on any atom is -0.452 e. The maximum atomic E-state index is 13.0. The van der Waals surface area contributed by atoms with Crippen LogP contribution in [0.15, 0.2) is 59.5 Å². The Morgan fingerprint density at radius 2 is 2.00 bits per heavy atom. The maximum absolute atomic E-state index is 13.0. The van der Waals surface area contributed by atoms with Gasteiger partial charge in [0.1, 0.15) is 5.82 Å². The number of amides is 1. The average Bonchev–Trinajstić information content (AvgIpc) is 2.58. The highest BCUT2D eigenvalue weighted by Gasteiger charge is 2.08. The Bertz CT molecular complexity index is 761. The summed E-state index contributed by atoms with van der Waals surface area (Å²) in [6, 6.07) is 13.1. The van der Waals surface area contributed by atoms with E-state index in [1.54, 1.807) is 12.1 Å². The number of benzene rings is 2. The van der Waals surface area contributed by atoms with Crippen LogP contribution in [0.4, 0.5) is 10.1 Å². The van der Waals surface area contributed by atoms with Crippen molar-refractivity contribution in [1.29, 1.82) is 0 Å². The zero-order valence-electron chi connectivity index (χ0n) is 13.0. The quantitative estimate of drug-likeness (QED) is 0.492. The Morgan fingerprint density at radius 3 is 2.75 bits per heavy atom. The van der Waals surface area contributed by atoms with Gasteiger partial charge in [-0.1, -0.05) is 24.3 Å². The van der Waals surface area contributed by atoms with Gasteiger partial charge in [0.25, 0.3) is 5.91 Å². The lowest BCUT2D eigenvalue weighted by molar-refractivity contribution is -0.142. The third-order valence-electron chi connectivity index (χ3n) is 2.99. The molecule has 0 fully saturated rings. The molecule has 0 atom stereocenters. The van der Waals surface area contributed by atoms with Crippen molar-refractivity contribution >= 4 is 35.4 Å². The molecule has 0 saturated heterocycles. The molecule has 0 aromatic heterocycles. The van der Waals surface area contributed by atoms with E-state index in [1.165, 1.54) is 36.0 Å². The molecule has 1 amide bonds. The zero-order valence-corrected chi connectivity index (χ0v) is 13.8. The summed E-state index contributed by atoms with van der Waals surface area (Å²) in [5.74, 6) is -1.49. The molecular weight excluding hydrogens is 329 g/mol. The standard InChI is InChI=1S/C18H16FNO3S/c1-24-16-8-3-2-7-15(16)20-17(21)12-23-18(22)10-9-13-5-4-6-14(19)11-13/h2-11H,12H2,1H3,(H,20,21)/b10-9+. The number of carbonyl (C=O) groups is 2. The van der Waals surface area contributed by atoms with E-state index in [4.69, 9.17) is 4.74 Å².